The highest BCUT2D eigenvalue weighted by molar-refractivity contribution is 5.85. The molecule has 2 heterocycles. The SMILES string of the molecule is CCc1ccccc1OCC(=O)N1CCCC(CNC(=O)C2CCCN2)C1.Cl. The van der Waals surface area contributed by atoms with Gasteiger partial charge in [0.1, 0.15) is 5.75 Å². The lowest BCUT2D eigenvalue weighted by Gasteiger charge is -2.33. The zero-order valence-corrected chi connectivity index (χ0v) is 17.4. The van der Waals surface area contributed by atoms with Crippen molar-refractivity contribution in [1.82, 2.24) is 15.5 Å². The van der Waals surface area contributed by atoms with Crippen LogP contribution in [0.3, 0.4) is 0 Å². The first-order valence-corrected chi connectivity index (χ1v) is 10.2. The molecule has 0 spiro atoms. The van der Waals surface area contributed by atoms with Crippen molar-refractivity contribution in [3.05, 3.63) is 29.8 Å². The summed E-state index contributed by atoms with van der Waals surface area (Å²) in [6.45, 7) is 5.17. The highest BCUT2D eigenvalue weighted by Gasteiger charge is 2.26. The predicted molar refractivity (Wildman–Crippen MR) is 112 cm³/mol. The van der Waals surface area contributed by atoms with Crippen LogP contribution in [0.5, 0.6) is 5.75 Å². The molecule has 2 amide bonds. The molecule has 6 nitrogen and oxygen atoms in total. The summed E-state index contributed by atoms with van der Waals surface area (Å²) in [5.41, 5.74) is 1.12. The van der Waals surface area contributed by atoms with Gasteiger partial charge < -0.3 is 20.3 Å². The quantitative estimate of drug-likeness (QED) is 0.724. The second-order valence-electron chi connectivity index (χ2n) is 7.49. The van der Waals surface area contributed by atoms with Gasteiger partial charge in [-0.25, -0.2) is 0 Å². The number of para-hydroxylation sites is 1. The van der Waals surface area contributed by atoms with Crippen LogP contribution in [0.4, 0.5) is 0 Å². The number of nitrogens with zero attached hydrogens (tertiary/aromatic N) is 1. The van der Waals surface area contributed by atoms with Gasteiger partial charge in [-0.05, 0) is 56.2 Å². The molecule has 2 aliphatic rings. The Hall–Kier alpha value is -1.79. The van der Waals surface area contributed by atoms with Crippen molar-refractivity contribution in [3.8, 4) is 5.75 Å². The Bertz CT molecular complexity index is 650. The van der Waals surface area contributed by atoms with Gasteiger partial charge in [0.05, 0.1) is 6.04 Å². The minimum atomic E-state index is -0.0432. The molecule has 2 aliphatic heterocycles. The number of hydrogen-bond donors (Lipinski definition) is 2. The number of likely N-dealkylation sites (tertiary alicyclic amines) is 1. The first-order valence-electron chi connectivity index (χ1n) is 10.2. The molecule has 0 saturated carbocycles. The lowest BCUT2D eigenvalue weighted by atomic mass is 9.97. The molecule has 0 aromatic heterocycles. The zero-order chi connectivity index (χ0) is 19.1. The van der Waals surface area contributed by atoms with E-state index in [9.17, 15) is 9.59 Å². The largest absolute Gasteiger partial charge is 0.483 e. The Balaban J connectivity index is 0.00000280. The van der Waals surface area contributed by atoms with Gasteiger partial charge in [-0.2, -0.15) is 0 Å². The number of hydrogen-bond acceptors (Lipinski definition) is 4. The molecule has 2 N–H and O–H groups in total. The van der Waals surface area contributed by atoms with Crippen molar-refractivity contribution in [2.75, 3.05) is 32.8 Å². The van der Waals surface area contributed by atoms with Crippen LogP contribution < -0.4 is 15.4 Å². The standard InChI is InChI=1S/C21H31N3O3.ClH/c1-2-17-8-3-4-10-19(17)27-15-20(25)24-12-6-7-16(14-24)13-23-21(26)18-9-5-11-22-18;/h3-4,8,10,16,18,22H,2,5-7,9,11-15H2,1H3,(H,23,26);1H. The lowest BCUT2D eigenvalue weighted by Crippen LogP contribution is -2.47. The highest BCUT2D eigenvalue weighted by Crippen LogP contribution is 2.20. The zero-order valence-electron chi connectivity index (χ0n) is 16.6. The molecule has 1 aromatic rings. The minimum Gasteiger partial charge on any atom is -0.483 e. The number of aryl methyl sites for hydroxylation is 1. The van der Waals surface area contributed by atoms with Gasteiger partial charge in [-0.1, -0.05) is 25.1 Å². The van der Waals surface area contributed by atoms with E-state index in [1.165, 1.54) is 0 Å². The van der Waals surface area contributed by atoms with Crippen molar-refractivity contribution >= 4 is 24.2 Å². The number of nitrogens with one attached hydrogen (secondary N) is 2. The molecule has 2 atom stereocenters. The number of carbonyl (C=O) groups excluding carboxylic acids is 2. The van der Waals surface area contributed by atoms with Crippen molar-refractivity contribution in [2.45, 2.75) is 45.1 Å². The summed E-state index contributed by atoms with van der Waals surface area (Å²) in [5, 5.41) is 6.28. The summed E-state index contributed by atoms with van der Waals surface area (Å²) in [6, 6.07) is 7.81. The van der Waals surface area contributed by atoms with Gasteiger partial charge in [-0.15, -0.1) is 12.4 Å². The number of rotatable bonds is 7. The van der Waals surface area contributed by atoms with Crippen LogP contribution in [-0.4, -0.2) is 55.5 Å². The molecule has 156 valence electrons. The summed E-state index contributed by atoms with van der Waals surface area (Å²) in [6.07, 6.45) is 4.87. The number of halogens is 1. The normalized spacial score (nSPS) is 21.7. The van der Waals surface area contributed by atoms with E-state index in [0.29, 0.717) is 19.0 Å². The first-order chi connectivity index (χ1) is 13.2. The van der Waals surface area contributed by atoms with Gasteiger partial charge in [0, 0.05) is 19.6 Å². The maximum absolute atomic E-state index is 12.6. The van der Waals surface area contributed by atoms with Gasteiger partial charge >= 0.3 is 0 Å². The van der Waals surface area contributed by atoms with Crippen LogP contribution in [0.25, 0.3) is 0 Å². The van der Waals surface area contributed by atoms with Crippen LogP contribution in [0.1, 0.15) is 38.2 Å². The number of amides is 2. The van der Waals surface area contributed by atoms with Gasteiger partial charge in [0.15, 0.2) is 6.61 Å². The van der Waals surface area contributed by atoms with Crippen LogP contribution in [0.2, 0.25) is 0 Å². The minimum absolute atomic E-state index is 0. The molecule has 1 aromatic carbocycles. The second-order valence-corrected chi connectivity index (χ2v) is 7.49. The Morgan fingerprint density at radius 1 is 1.25 bits per heavy atom. The Morgan fingerprint density at radius 3 is 2.82 bits per heavy atom. The van der Waals surface area contributed by atoms with E-state index in [1.807, 2.05) is 29.2 Å². The van der Waals surface area contributed by atoms with Crippen LogP contribution in [0.15, 0.2) is 24.3 Å². The number of carbonyl (C=O) groups is 2. The van der Waals surface area contributed by atoms with Gasteiger partial charge in [0.2, 0.25) is 5.91 Å². The number of ether oxygens (including phenoxy) is 1. The summed E-state index contributed by atoms with van der Waals surface area (Å²) in [5.74, 6) is 1.22. The van der Waals surface area contributed by atoms with Crippen molar-refractivity contribution in [3.63, 3.8) is 0 Å². The molecule has 0 bridgehead atoms. The molecule has 0 aliphatic carbocycles. The highest BCUT2D eigenvalue weighted by atomic mass is 35.5. The lowest BCUT2D eigenvalue weighted by molar-refractivity contribution is -0.135. The Labute approximate surface area is 173 Å². The average Bonchev–Trinajstić information content (AvgIpc) is 3.25. The van der Waals surface area contributed by atoms with Crippen LogP contribution >= 0.6 is 12.4 Å². The second kappa shape index (κ2) is 11.3. The van der Waals surface area contributed by atoms with E-state index in [2.05, 4.69) is 17.6 Å². The van der Waals surface area contributed by atoms with Crippen molar-refractivity contribution < 1.29 is 14.3 Å². The third-order valence-corrected chi connectivity index (χ3v) is 5.52. The summed E-state index contributed by atoms with van der Waals surface area (Å²) in [4.78, 5) is 26.6. The topological polar surface area (TPSA) is 70.7 Å². The fourth-order valence-electron chi connectivity index (χ4n) is 3.90. The molecule has 3 rings (SSSR count). The van der Waals surface area contributed by atoms with E-state index in [4.69, 9.17) is 4.74 Å². The monoisotopic (exact) mass is 409 g/mol. The van der Waals surface area contributed by atoms with E-state index in [1.54, 1.807) is 0 Å². The van der Waals surface area contributed by atoms with E-state index >= 15 is 0 Å². The fourth-order valence-corrected chi connectivity index (χ4v) is 3.90. The molecule has 2 saturated heterocycles. The van der Waals surface area contributed by atoms with Crippen molar-refractivity contribution in [1.29, 1.82) is 0 Å². The smallest absolute Gasteiger partial charge is 0.260 e. The summed E-state index contributed by atoms with van der Waals surface area (Å²) >= 11 is 0. The molecule has 2 unspecified atom stereocenters. The maximum Gasteiger partial charge on any atom is 0.260 e. The Kier molecular flexibility index (Phi) is 9.06. The predicted octanol–water partition coefficient (Wildman–Crippen LogP) is 2.16. The fraction of sp³-hybridized carbons (Fsp3) is 0.619. The number of benzene rings is 1. The van der Waals surface area contributed by atoms with Gasteiger partial charge in [0.25, 0.3) is 5.91 Å². The van der Waals surface area contributed by atoms with E-state index < -0.39 is 0 Å². The van der Waals surface area contributed by atoms with Crippen LogP contribution in [-0.2, 0) is 16.0 Å². The van der Waals surface area contributed by atoms with Gasteiger partial charge in [-0.3, -0.25) is 9.59 Å². The van der Waals surface area contributed by atoms with E-state index in [-0.39, 0.29) is 36.9 Å². The Morgan fingerprint density at radius 2 is 2.07 bits per heavy atom. The molecular weight excluding hydrogens is 378 g/mol. The molecule has 28 heavy (non-hydrogen) atoms. The number of piperidine rings is 1. The van der Waals surface area contributed by atoms with Crippen LogP contribution in [0, 0.1) is 5.92 Å². The average molecular weight is 410 g/mol. The molecular formula is C21H32ClN3O3. The molecule has 2 fully saturated rings. The third kappa shape index (κ3) is 6.11. The first kappa shape index (κ1) is 22.5. The van der Waals surface area contributed by atoms with Crippen molar-refractivity contribution in [2.24, 2.45) is 5.92 Å². The molecule has 7 heteroatoms. The summed E-state index contributed by atoms with van der Waals surface area (Å²) < 4.78 is 5.77. The summed E-state index contributed by atoms with van der Waals surface area (Å²) in [7, 11) is 0. The van der Waals surface area contributed by atoms with E-state index in [0.717, 1.165) is 56.5 Å². The maximum atomic E-state index is 12.6. The molecule has 0 radical (unpaired) electrons. The third-order valence-electron chi connectivity index (χ3n) is 5.52.